The molecule has 0 bridgehead atoms. The van der Waals surface area contributed by atoms with Gasteiger partial charge in [-0.3, -0.25) is 0 Å². The van der Waals surface area contributed by atoms with E-state index in [0.717, 1.165) is 0 Å². The Bertz CT molecular complexity index is 752. The molecule has 1 aromatic heterocycles. The van der Waals surface area contributed by atoms with Crippen molar-refractivity contribution < 1.29 is 12.8 Å². The Balaban J connectivity index is 1.71. The van der Waals surface area contributed by atoms with Crippen molar-refractivity contribution in [1.29, 1.82) is 0 Å². The zero-order valence-corrected chi connectivity index (χ0v) is 13.5. The molecule has 0 aliphatic carbocycles. The van der Waals surface area contributed by atoms with Crippen LogP contribution in [0.2, 0.25) is 5.02 Å². The predicted octanol–water partition coefficient (Wildman–Crippen LogP) is 1.54. The lowest BCUT2D eigenvalue weighted by molar-refractivity contribution is 0.370. The normalized spacial score (nSPS) is 16.9. The molecule has 2 heterocycles. The number of halogens is 1. The van der Waals surface area contributed by atoms with Crippen LogP contribution in [-0.4, -0.2) is 49.1 Å². The number of aryl methyl sites for hydroxylation is 1. The van der Waals surface area contributed by atoms with Gasteiger partial charge in [-0.15, -0.1) is 5.10 Å². The summed E-state index contributed by atoms with van der Waals surface area (Å²) >= 11 is 5.80. The maximum atomic E-state index is 12.6. The van der Waals surface area contributed by atoms with Gasteiger partial charge in [0.15, 0.2) is 0 Å². The molecule has 9 heteroatoms. The van der Waals surface area contributed by atoms with E-state index in [-0.39, 0.29) is 4.90 Å². The number of piperazine rings is 1. The second-order valence-corrected chi connectivity index (χ2v) is 7.32. The molecular formula is C13H15ClN4O3S. The molecule has 0 radical (unpaired) electrons. The first-order valence-corrected chi connectivity index (χ1v) is 8.59. The molecule has 1 saturated heterocycles. The molecule has 0 saturated carbocycles. The minimum atomic E-state index is -3.50. The fourth-order valence-electron chi connectivity index (χ4n) is 2.29. The minimum Gasteiger partial charge on any atom is -0.408 e. The van der Waals surface area contributed by atoms with E-state index in [1.807, 2.05) is 4.90 Å². The number of aromatic nitrogens is 2. The zero-order chi connectivity index (χ0) is 15.7. The van der Waals surface area contributed by atoms with Crippen LogP contribution in [0.5, 0.6) is 0 Å². The van der Waals surface area contributed by atoms with E-state index in [0.29, 0.717) is 43.1 Å². The third-order valence-corrected chi connectivity index (χ3v) is 5.64. The van der Waals surface area contributed by atoms with Gasteiger partial charge in [0.05, 0.1) is 4.90 Å². The zero-order valence-electron chi connectivity index (χ0n) is 11.9. The van der Waals surface area contributed by atoms with Gasteiger partial charge < -0.3 is 9.32 Å². The molecule has 1 aromatic carbocycles. The Kier molecular flexibility index (Phi) is 4.07. The molecule has 22 heavy (non-hydrogen) atoms. The second-order valence-electron chi connectivity index (χ2n) is 4.95. The first kappa shape index (κ1) is 15.3. The van der Waals surface area contributed by atoms with Crippen LogP contribution in [0.15, 0.2) is 33.6 Å². The highest BCUT2D eigenvalue weighted by Gasteiger charge is 2.29. The van der Waals surface area contributed by atoms with E-state index in [2.05, 4.69) is 10.2 Å². The maximum absolute atomic E-state index is 12.6. The molecule has 0 unspecified atom stereocenters. The van der Waals surface area contributed by atoms with Gasteiger partial charge in [-0.2, -0.15) is 4.31 Å². The number of benzene rings is 1. The van der Waals surface area contributed by atoms with Crippen molar-refractivity contribution in [2.45, 2.75) is 11.8 Å². The molecule has 1 aliphatic rings. The molecule has 0 atom stereocenters. The Morgan fingerprint density at radius 3 is 2.27 bits per heavy atom. The summed E-state index contributed by atoms with van der Waals surface area (Å²) in [7, 11) is -3.50. The van der Waals surface area contributed by atoms with Crippen molar-refractivity contribution in [3.8, 4) is 0 Å². The lowest BCUT2D eigenvalue weighted by atomic mass is 10.4. The highest BCUT2D eigenvalue weighted by molar-refractivity contribution is 7.89. The smallest absolute Gasteiger partial charge is 0.318 e. The van der Waals surface area contributed by atoms with E-state index in [4.69, 9.17) is 16.0 Å². The fraction of sp³-hybridized carbons (Fsp3) is 0.385. The summed E-state index contributed by atoms with van der Waals surface area (Å²) in [6.45, 7) is 3.47. The van der Waals surface area contributed by atoms with Crippen molar-refractivity contribution >= 4 is 27.6 Å². The third kappa shape index (κ3) is 2.94. The molecule has 0 spiro atoms. The van der Waals surface area contributed by atoms with E-state index in [1.54, 1.807) is 19.1 Å². The van der Waals surface area contributed by atoms with Crippen LogP contribution >= 0.6 is 11.6 Å². The monoisotopic (exact) mass is 342 g/mol. The molecule has 2 aromatic rings. The highest BCUT2D eigenvalue weighted by Crippen LogP contribution is 2.21. The van der Waals surface area contributed by atoms with Crippen LogP contribution in [0.25, 0.3) is 0 Å². The number of anilines is 1. The van der Waals surface area contributed by atoms with E-state index in [1.165, 1.54) is 16.4 Å². The largest absolute Gasteiger partial charge is 0.408 e. The molecule has 1 fully saturated rings. The number of rotatable bonds is 3. The summed E-state index contributed by atoms with van der Waals surface area (Å²) < 4.78 is 31.9. The lowest BCUT2D eigenvalue weighted by Crippen LogP contribution is -2.48. The van der Waals surface area contributed by atoms with Crippen molar-refractivity contribution in [3.63, 3.8) is 0 Å². The van der Waals surface area contributed by atoms with Crippen molar-refractivity contribution in [2.75, 3.05) is 31.1 Å². The van der Waals surface area contributed by atoms with Gasteiger partial charge in [0.1, 0.15) is 0 Å². The van der Waals surface area contributed by atoms with Crippen molar-refractivity contribution in [3.05, 3.63) is 35.2 Å². The average Bonchev–Trinajstić information content (AvgIpc) is 2.94. The van der Waals surface area contributed by atoms with E-state index < -0.39 is 10.0 Å². The number of sulfonamides is 1. The number of hydrogen-bond donors (Lipinski definition) is 0. The maximum Gasteiger partial charge on any atom is 0.318 e. The second kappa shape index (κ2) is 5.86. The Hall–Kier alpha value is -1.64. The van der Waals surface area contributed by atoms with Crippen LogP contribution in [0, 0.1) is 6.92 Å². The average molecular weight is 343 g/mol. The van der Waals surface area contributed by atoms with E-state index >= 15 is 0 Å². The number of hydrogen-bond acceptors (Lipinski definition) is 6. The van der Waals surface area contributed by atoms with Crippen LogP contribution in [0.3, 0.4) is 0 Å². The lowest BCUT2D eigenvalue weighted by Gasteiger charge is -2.32. The van der Waals surface area contributed by atoms with Gasteiger partial charge in [0.25, 0.3) is 0 Å². The topological polar surface area (TPSA) is 79.5 Å². The summed E-state index contributed by atoms with van der Waals surface area (Å²) in [5.41, 5.74) is 0. The molecular weight excluding hydrogens is 328 g/mol. The summed E-state index contributed by atoms with van der Waals surface area (Å²) in [4.78, 5) is 2.13. The first-order valence-electron chi connectivity index (χ1n) is 6.77. The van der Waals surface area contributed by atoms with Gasteiger partial charge in [-0.1, -0.05) is 16.7 Å². The van der Waals surface area contributed by atoms with Crippen LogP contribution < -0.4 is 4.90 Å². The summed E-state index contributed by atoms with van der Waals surface area (Å²) in [6, 6.07) is 6.62. The highest BCUT2D eigenvalue weighted by atomic mass is 35.5. The van der Waals surface area contributed by atoms with Gasteiger partial charge in [-0.05, 0) is 24.3 Å². The third-order valence-electron chi connectivity index (χ3n) is 3.48. The molecule has 7 nitrogen and oxygen atoms in total. The van der Waals surface area contributed by atoms with Crippen LogP contribution in [0.1, 0.15) is 5.89 Å². The van der Waals surface area contributed by atoms with Crippen molar-refractivity contribution in [2.24, 2.45) is 0 Å². The number of nitrogens with zero attached hydrogens (tertiary/aromatic N) is 4. The first-order chi connectivity index (χ1) is 10.5. The summed E-state index contributed by atoms with van der Waals surface area (Å²) in [5, 5.41) is 8.24. The Morgan fingerprint density at radius 1 is 1.09 bits per heavy atom. The van der Waals surface area contributed by atoms with Gasteiger partial charge in [-0.25, -0.2) is 8.42 Å². The molecule has 1 aliphatic heterocycles. The summed E-state index contributed by atoms with van der Waals surface area (Å²) in [6.07, 6.45) is 0. The minimum absolute atomic E-state index is 0.249. The fourth-order valence-corrected chi connectivity index (χ4v) is 3.84. The SMILES string of the molecule is Cc1nnc(N2CCN(S(=O)(=O)c3ccc(Cl)cc3)CC2)o1. The van der Waals surface area contributed by atoms with Gasteiger partial charge in [0, 0.05) is 38.1 Å². The molecule has 118 valence electrons. The standard InChI is InChI=1S/C13H15ClN4O3S/c1-10-15-16-13(21-10)17-6-8-18(9-7-17)22(19,20)12-4-2-11(14)3-5-12/h2-5H,6-9H2,1H3. The predicted molar refractivity (Wildman–Crippen MR) is 81.5 cm³/mol. The van der Waals surface area contributed by atoms with Crippen LogP contribution in [-0.2, 0) is 10.0 Å². The van der Waals surface area contributed by atoms with Gasteiger partial charge in [0.2, 0.25) is 15.9 Å². The molecule has 0 amide bonds. The van der Waals surface area contributed by atoms with Gasteiger partial charge >= 0.3 is 6.01 Å². The quantitative estimate of drug-likeness (QED) is 0.841. The van der Waals surface area contributed by atoms with Crippen molar-refractivity contribution in [1.82, 2.24) is 14.5 Å². The Morgan fingerprint density at radius 2 is 1.73 bits per heavy atom. The Labute approximate surface area is 133 Å². The van der Waals surface area contributed by atoms with E-state index in [9.17, 15) is 8.42 Å². The summed E-state index contributed by atoms with van der Waals surface area (Å²) in [5.74, 6) is 0.492. The molecule has 3 rings (SSSR count). The van der Waals surface area contributed by atoms with Crippen LogP contribution in [0.4, 0.5) is 6.01 Å². The molecule has 0 N–H and O–H groups in total.